The molecule has 2 unspecified atom stereocenters. The van der Waals surface area contributed by atoms with E-state index in [-0.39, 0.29) is 5.92 Å². The molecule has 0 radical (unpaired) electrons. The summed E-state index contributed by atoms with van der Waals surface area (Å²) in [5.74, 6) is -1.99. The van der Waals surface area contributed by atoms with Gasteiger partial charge in [-0.25, -0.2) is 19.5 Å². The number of oxazole rings is 1. The Labute approximate surface area is 114 Å². The van der Waals surface area contributed by atoms with Crippen molar-refractivity contribution < 1.29 is 23.5 Å². The van der Waals surface area contributed by atoms with Gasteiger partial charge < -0.3 is 13.9 Å². The molecule has 4 heterocycles. The minimum Gasteiger partial charge on any atom is -0.442 e. The SMILES string of the molecule is Cc1cnc(/C=C2\C3CCN(C3)C23OC(=O)C(=O)O3)o1. The van der Waals surface area contributed by atoms with E-state index in [1.807, 2.05) is 4.90 Å². The van der Waals surface area contributed by atoms with Crippen molar-refractivity contribution in [3.8, 4) is 0 Å². The van der Waals surface area contributed by atoms with E-state index in [9.17, 15) is 9.59 Å². The summed E-state index contributed by atoms with van der Waals surface area (Å²) in [6, 6.07) is 0. The monoisotopic (exact) mass is 276 g/mol. The van der Waals surface area contributed by atoms with E-state index in [0.717, 1.165) is 18.5 Å². The number of carbonyl (C=O) groups is 2. The van der Waals surface area contributed by atoms with Crippen LogP contribution in [0.2, 0.25) is 0 Å². The van der Waals surface area contributed by atoms with Gasteiger partial charge in [-0.3, -0.25) is 0 Å². The van der Waals surface area contributed by atoms with Gasteiger partial charge in [-0.05, 0) is 13.3 Å². The lowest BCUT2D eigenvalue weighted by molar-refractivity contribution is -0.215. The van der Waals surface area contributed by atoms with Crippen molar-refractivity contribution >= 4 is 18.0 Å². The van der Waals surface area contributed by atoms with Crippen LogP contribution in [0.4, 0.5) is 0 Å². The molecule has 1 spiro atoms. The third-order valence-corrected chi connectivity index (χ3v) is 3.96. The number of hydrogen-bond acceptors (Lipinski definition) is 7. The van der Waals surface area contributed by atoms with E-state index in [0.29, 0.717) is 18.2 Å². The minimum absolute atomic E-state index is 0.181. The second kappa shape index (κ2) is 3.69. The predicted octanol–water partition coefficient (Wildman–Crippen LogP) is 0.456. The molecule has 7 heteroatoms. The zero-order valence-corrected chi connectivity index (χ0v) is 10.8. The summed E-state index contributed by atoms with van der Waals surface area (Å²) in [5, 5.41) is 0. The summed E-state index contributed by atoms with van der Waals surface area (Å²) in [6.07, 6.45) is 4.25. The molecule has 1 aromatic heterocycles. The van der Waals surface area contributed by atoms with Crippen LogP contribution in [0.25, 0.3) is 6.08 Å². The van der Waals surface area contributed by atoms with Crippen molar-refractivity contribution in [3.63, 3.8) is 0 Å². The van der Waals surface area contributed by atoms with Gasteiger partial charge >= 0.3 is 17.8 Å². The van der Waals surface area contributed by atoms with Crippen LogP contribution in [0.1, 0.15) is 18.1 Å². The Hall–Kier alpha value is -2.15. The van der Waals surface area contributed by atoms with E-state index in [4.69, 9.17) is 13.9 Å². The first-order chi connectivity index (χ1) is 9.58. The number of nitrogens with zero attached hydrogens (tertiary/aromatic N) is 2. The van der Waals surface area contributed by atoms with Gasteiger partial charge in [-0.2, -0.15) is 0 Å². The number of piperidine rings is 1. The molecule has 0 saturated carbocycles. The number of rotatable bonds is 1. The van der Waals surface area contributed by atoms with Crippen LogP contribution in [0, 0.1) is 12.8 Å². The third kappa shape index (κ3) is 1.41. The number of fused-ring (bicyclic) bond motifs is 3. The summed E-state index contributed by atoms with van der Waals surface area (Å²) in [5.41, 5.74) is 0.727. The molecule has 0 N–H and O–H groups in total. The van der Waals surface area contributed by atoms with E-state index in [1.54, 1.807) is 19.2 Å². The Bertz CT molecular complexity index is 631. The average molecular weight is 276 g/mol. The number of esters is 2. The van der Waals surface area contributed by atoms with Crippen molar-refractivity contribution in [2.24, 2.45) is 5.92 Å². The Morgan fingerprint density at radius 3 is 2.80 bits per heavy atom. The van der Waals surface area contributed by atoms with Crippen LogP contribution in [0.5, 0.6) is 0 Å². The first-order valence-electron chi connectivity index (χ1n) is 6.44. The molecule has 3 aliphatic rings. The van der Waals surface area contributed by atoms with Crippen molar-refractivity contribution in [3.05, 3.63) is 23.4 Å². The van der Waals surface area contributed by atoms with Crippen LogP contribution >= 0.6 is 0 Å². The molecule has 3 aliphatic heterocycles. The summed E-state index contributed by atoms with van der Waals surface area (Å²) in [7, 11) is 0. The second-order valence-corrected chi connectivity index (χ2v) is 5.20. The zero-order valence-electron chi connectivity index (χ0n) is 10.8. The molecular weight excluding hydrogens is 264 g/mol. The first-order valence-corrected chi connectivity index (χ1v) is 6.44. The zero-order chi connectivity index (χ0) is 13.9. The number of aryl methyl sites for hydroxylation is 1. The molecule has 4 rings (SSSR count). The molecule has 0 aromatic carbocycles. The van der Waals surface area contributed by atoms with Gasteiger partial charge in [0.15, 0.2) is 0 Å². The third-order valence-electron chi connectivity index (χ3n) is 3.96. The highest BCUT2D eigenvalue weighted by molar-refractivity contribution is 6.31. The summed E-state index contributed by atoms with van der Waals surface area (Å²) in [6.45, 7) is 3.23. The first kappa shape index (κ1) is 11.7. The average Bonchev–Trinajstić information content (AvgIpc) is 3.11. The van der Waals surface area contributed by atoms with Crippen LogP contribution < -0.4 is 0 Å². The Morgan fingerprint density at radius 2 is 2.15 bits per heavy atom. The minimum atomic E-state index is -1.38. The van der Waals surface area contributed by atoms with E-state index in [2.05, 4.69) is 4.98 Å². The lowest BCUT2D eigenvalue weighted by atomic mass is 9.95. The van der Waals surface area contributed by atoms with Gasteiger partial charge in [0.25, 0.3) is 0 Å². The van der Waals surface area contributed by atoms with E-state index < -0.39 is 17.8 Å². The van der Waals surface area contributed by atoms with Crippen molar-refractivity contribution in [2.45, 2.75) is 19.3 Å². The predicted molar refractivity (Wildman–Crippen MR) is 63.8 cm³/mol. The fourth-order valence-electron chi connectivity index (χ4n) is 3.11. The summed E-state index contributed by atoms with van der Waals surface area (Å²) >= 11 is 0. The fourth-order valence-corrected chi connectivity index (χ4v) is 3.11. The number of carbonyl (C=O) groups excluding carboxylic acids is 2. The molecule has 1 aromatic rings. The normalized spacial score (nSPS) is 32.1. The smallest absolute Gasteiger partial charge is 0.422 e. The van der Waals surface area contributed by atoms with Crippen molar-refractivity contribution in [2.75, 3.05) is 13.1 Å². The van der Waals surface area contributed by atoms with Crippen molar-refractivity contribution in [1.29, 1.82) is 0 Å². The van der Waals surface area contributed by atoms with Crippen LogP contribution in [0.15, 0.2) is 16.2 Å². The Morgan fingerprint density at radius 1 is 1.40 bits per heavy atom. The molecule has 20 heavy (non-hydrogen) atoms. The quantitative estimate of drug-likeness (QED) is 0.544. The van der Waals surface area contributed by atoms with Crippen LogP contribution in [-0.4, -0.2) is 40.8 Å². The molecule has 3 fully saturated rings. The molecule has 7 nitrogen and oxygen atoms in total. The molecule has 3 saturated heterocycles. The highest BCUT2D eigenvalue weighted by Gasteiger charge is 2.64. The van der Waals surface area contributed by atoms with Gasteiger partial charge in [0.1, 0.15) is 5.76 Å². The maximum Gasteiger partial charge on any atom is 0.422 e. The lowest BCUT2D eigenvalue weighted by Gasteiger charge is -2.33. The van der Waals surface area contributed by atoms with Gasteiger partial charge in [0, 0.05) is 30.7 Å². The summed E-state index contributed by atoms with van der Waals surface area (Å²) < 4.78 is 15.9. The Kier molecular flexibility index (Phi) is 2.15. The largest absolute Gasteiger partial charge is 0.442 e. The number of aromatic nitrogens is 1. The van der Waals surface area contributed by atoms with Crippen molar-refractivity contribution in [1.82, 2.24) is 9.88 Å². The fraction of sp³-hybridized carbons (Fsp3) is 0.462. The van der Waals surface area contributed by atoms with Crippen LogP contribution in [0.3, 0.4) is 0 Å². The summed E-state index contributed by atoms with van der Waals surface area (Å²) in [4.78, 5) is 28.8. The topological polar surface area (TPSA) is 81.9 Å². The van der Waals surface area contributed by atoms with E-state index in [1.165, 1.54) is 0 Å². The molecule has 104 valence electrons. The highest BCUT2D eigenvalue weighted by atomic mass is 16.8. The maximum absolute atomic E-state index is 11.4. The molecule has 2 bridgehead atoms. The lowest BCUT2D eigenvalue weighted by Crippen LogP contribution is -2.47. The standard InChI is InChI=1S/C13H12N2O5/c1-7-5-14-10(18-7)4-9-8-2-3-15(6-8)13(9)19-11(16)12(17)20-13/h4-5,8H,2-3,6H2,1H3/b9-4+. The second-order valence-electron chi connectivity index (χ2n) is 5.20. The number of hydrogen-bond donors (Lipinski definition) is 0. The number of ether oxygens (including phenoxy) is 2. The van der Waals surface area contributed by atoms with E-state index >= 15 is 0 Å². The van der Waals surface area contributed by atoms with Gasteiger partial charge in [-0.15, -0.1) is 0 Å². The molecule has 2 atom stereocenters. The molecule has 0 aliphatic carbocycles. The van der Waals surface area contributed by atoms with Gasteiger partial charge in [-0.1, -0.05) is 0 Å². The molecule has 0 amide bonds. The molecular formula is C13H12N2O5. The van der Waals surface area contributed by atoms with Gasteiger partial charge in [0.2, 0.25) is 5.89 Å². The van der Waals surface area contributed by atoms with Crippen LogP contribution in [-0.2, 0) is 19.1 Å². The Balaban J connectivity index is 1.79. The van der Waals surface area contributed by atoms with Gasteiger partial charge in [0.05, 0.1) is 6.20 Å². The maximum atomic E-state index is 11.4. The highest BCUT2D eigenvalue weighted by Crippen LogP contribution is 2.49.